The lowest BCUT2D eigenvalue weighted by Gasteiger charge is -1.98. The summed E-state index contributed by atoms with van der Waals surface area (Å²) in [5.41, 5.74) is 0. The summed E-state index contributed by atoms with van der Waals surface area (Å²) in [4.78, 5) is 17.8. The van der Waals surface area contributed by atoms with Crippen molar-refractivity contribution in [1.82, 2.24) is 9.97 Å². The molecule has 0 aliphatic rings. The molecule has 0 unspecified atom stereocenters. The fraction of sp³-hybridized carbons (Fsp3) is 0.167. The van der Waals surface area contributed by atoms with Gasteiger partial charge in [-0.05, 0) is 15.9 Å². The monoisotopic (exact) mass is 248 g/mol. The molecular weight excluding hydrogens is 244 g/mol. The van der Waals surface area contributed by atoms with Gasteiger partial charge < -0.3 is 5.11 Å². The summed E-state index contributed by atoms with van der Waals surface area (Å²) >= 11 is 4.37. The van der Waals surface area contributed by atoms with Crippen LogP contribution in [0.4, 0.5) is 0 Å². The van der Waals surface area contributed by atoms with Crippen molar-refractivity contribution < 1.29 is 9.90 Å². The van der Waals surface area contributed by atoms with Crippen LogP contribution in [0.3, 0.4) is 0 Å². The zero-order chi connectivity index (χ0) is 8.97. The summed E-state index contributed by atoms with van der Waals surface area (Å²) in [7, 11) is 0. The Morgan fingerprint density at radius 1 is 1.75 bits per heavy atom. The van der Waals surface area contributed by atoms with E-state index in [2.05, 4.69) is 25.9 Å². The van der Waals surface area contributed by atoms with Crippen LogP contribution in [0.25, 0.3) is 0 Å². The number of halogens is 1. The molecular formula is C6H5BrN2O2S. The smallest absolute Gasteiger partial charge is 0.313 e. The molecule has 1 aromatic rings. The molecule has 0 amide bonds. The maximum atomic E-state index is 10.2. The Morgan fingerprint density at radius 2 is 2.50 bits per heavy atom. The third-order valence-corrected chi connectivity index (χ3v) is 2.80. The second-order valence-corrected chi connectivity index (χ2v) is 3.68. The van der Waals surface area contributed by atoms with Crippen molar-refractivity contribution in [3.63, 3.8) is 0 Å². The second-order valence-electron chi connectivity index (χ2n) is 1.86. The van der Waals surface area contributed by atoms with E-state index in [1.807, 2.05) is 0 Å². The lowest BCUT2D eigenvalue weighted by Crippen LogP contribution is -1.98. The minimum absolute atomic E-state index is 0.00954. The maximum Gasteiger partial charge on any atom is 0.313 e. The van der Waals surface area contributed by atoms with Gasteiger partial charge in [-0.15, -0.1) is 0 Å². The van der Waals surface area contributed by atoms with E-state index in [4.69, 9.17) is 5.11 Å². The molecule has 1 aromatic heterocycles. The van der Waals surface area contributed by atoms with E-state index in [1.165, 1.54) is 6.33 Å². The standard InChI is InChI=1S/C6H5BrN2O2S/c7-4-1-8-3-9-6(4)12-2-5(10)11/h1,3H,2H2,(H,10,11). The quantitative estimate of drug-likeness (QED) is 0.648. The first-order valence-electron chi connectivity index (χ1n) is 3.00. The summed E-state index contributed by atoms with van der Waals surface area (Å²) in [6, 6.07) is 0. The predicted octanol–water partition coefficient (Wildman–Crippen LogP) is 1.42. The topological polar surface area (TPSA) is 63.1 Å². The molecule has 0 aliphatic heterocycles. The van der Waals surface area contributed by atoms with E-state index >= 15 is 0 Å². The minimum Gasteiger partial charge on any atom is -0.481 e. The van der Waals surface area contributed by atoms with Gasteiger partial charge in [-0.25, -0.2) is 9.97 Å². The lowest BCUT2D eigenvalue weighted by atomic mass is 10.7. The van der Waals surface area contributed by atoms with Crippen LogP contribution < -0.4 is 0 Å². The van der Waals surface area contributed by atoms with Crippen LogP contribution in [0.2, 0.25) is 0 Å². The number of carbonyl (C=O) groups is 1. The van der Waals surface area contributed by atoms with Crippen molar-refractivity contribution in [2.45, 2.75) is 5.03 Å². The van der Waals surface area contributed by atoms with Crippen molar-refractivity contribution in [1.29, 1.82) is 0 Å². The lowest BCUT2D eigenvalue weighted by molar-refractivity contribution is -0.133. The van der Waals surface area contributed by atoms with Gasteiger partial charge in [0.1, 0.15) is 11.4 Å². The molecule has 1 N–H and O–H groups in total. The molecule has 12 heavy (non-hydrogen) atoms. The highest BCUT2D eigenvalue weighted by Gasteiger charge is 2.04. The summed E-state index contributed by atoms with van der Waals surface area (Å²) in [6.45, 7) is 0. The molecule has 0 aromatic carbocycles. The highest BCUT2D eigenvalue weighted by atomic mass is 79.9. The summed E-state index contributed by atoms with van der Waals surface area (Å²) in [5.74, 6) is -0.846. The molecule has 0 radical (unpaired) electrons. The van der Waals surface area contributed by atoms with Crippen LogP contribution in [-0.2, 0) is 4.79 Å². The van der Waals surface area contributed by atoms with Crippen molar-refractivity contribution in [2.75, 3.05) is 5.75 Å². The van der Waals surface area contributed by atoms with E-state index in [-0.39, 0.29) is 5.75 Å². The largest absolute Gasteiger partial charge is 0.481 e. The van der Waals surface area contributed by atoms with Gasteiger partial charge in [0.2, 0.25) is 0 Å². The Bertz CT molecular complexity index is 295. The first-order valence-corrected chi connectivity index (χ1v) is 4.78. The SMILES string of the molecule is O=C(O)CSc1ncncc1Br. The number of aliphatic carboxylic acids is 1. The Hall–Kier alpha value is -0.620. The second kappa shape index (κ2) is 4.42. The maximum absolute atomic E-state index is 10.2. The van der Waals surface area contributed by atoms with E-state index in [9.17, 15) is 4.79 Å². The average Bonchev–Trinajstić information content (AvgIpc) is 2.03. The van der Waals surface area contributed by atoms with Crippen molar-refractivity contribution in [3.05, 3.63) is 17.0 Å². The van der Waals surface area contributed by atoms with Gasteiger partial charge in [0.25, 0.3) is 0 Å². The summed E-state index contributed by atoms with van der Waals surface area (Å²) in [6.07, 6.45) is 2.96. The number of carboxylic acid groups (broad SMARTS) is 1. The molecule has 4 nitrogen and oxygen atoms in total. The molecule has 0 bridgehead atoms. The fourth-order valence-corrected chi connectivity index (χ4v) is 1.67. The van der Waals surface area contributed by atoms with Gasteiger partial charge in [0, 0.05) is 6.20 Å². The molecule has 0 fully saturated rings. The third kappa shape index (κ3) is 2.78. The number of hydrogen-bond donors (Lipinski definition) is 1. The third-order valence-electron chi connectivity index (χ3n) is 0.966. The molecule has 0 saturated heterocycles. The van der Waals surface area contributed by atoms with Crippen LogP contribution in [0.5, 0.6) is 0 Å². The highest BCUT2D eigenvalue weighted by molar-refractivity contribution is 9.10. The molecule has 1 heterocycles. The molecule has 0 saturated carbocycles. The Balaban J connectivity index is 2.63. The van der Waals surface area contributed by atoms with Gasteiger partial charge in [-0.1, -0.05) is 11.8 Å². The number of aromatic nitrogens is 2. The summed E-state index contributed by atoms with van der Waals surface area (Å²) in [5, 5.41) is 9.03. The van der Waals surface area contributed by atoms with Crippen LogP contribution in [0.1, 0.15) is 0 Å². The van der Waals surface area contributed by atoms with Gasteiger partial charge in [0.05, 0.1) is 10.2 Å². The van der Waals surface area contributed by atoms with Crippen molar-refractivity contribution in [2.24, 2.45) is 0 Å². The van der Waals surface area contributed by atoms with Gasteiger partial charge >= 0.3 is 5.97 Å². The predicted molar refractivity (Wildman–Crippen MR) is 48.1 cm³/mol. The van der Waals surface area contributed by atoms with Crippen LogP contribution >= 0.6 is 27.7 Å². The molecule has 0 spiro atoms. The molecule has 0 aliphatic carbocycles. The Kier molecular flexibility index (Phi) is 3.48. The Morgan fingerprint density at radius 3 is 3.08 bits per heavy atom. The van der Waals surface area contributed by atoms with Crippen LogP contribution in [0.15, 0.2) is 22.0 Å². The molecule has 6 heteroatoms. The first-order chi connectivity index (χ1) is 5.70. The number of hydrogen-bond acceptors (Lipinski definition) is 4. The molecule has 0 atom stereocenters. The fourth-order valence-electron chi connectivity index (χ4n) is 0.538. The summed E-state index contributed by atoms with van der Waals surface area (Å²) < 4.78 is 0.719. The van der Waals surface area contributed by atoms with Crippen molar-refractivity contribution in [3.8, 4) is 0 Å². The van der Waals surface area contributed by atoms with E-state index < -0.39 is 5.97 Å². The van der Waals surface area contributed by atoms with Crippen LogP contribution in [0, 0.1) is 0 Å². The number of carboxylic acids is 1. The van der Waals surface area contributed by atoms with Crippen molar-refractivity contribution >= 4 is 33.7 Å². The van der Waals surface area contributed by atoms with Gasteiger partial charge in [-0.2, -0.15) is 0 Å². The first kappa shape index (κ1) is 9.47. The Labute approximate surface area is 81.5 Å². The van der Waals surface area contributed by atoms with E-state index in [1.54, 1.807) is 6.20 Å². The highest BCUT2D eigenvalue weighted by Crippen LogP contribution is 2.23. The van der Waals surface area contributed by atoms with Gasteiger partial charge in [0.15, 0.2) is 0 Å². The molecule has 64 valence electrons. The van der Waals surface area contributed by atoms with E-state index in [0.717, 1.165) is 16.2 Å². The number of nitrogens with zero attached hydrogens (tertiary/aromatic N) is 2. The minimum atomic E-state index is -0.856. The zero-order valence-corrected chi connectivity index (χ0v) is 8.30. The normalized spacial score (nSPS) is 9.75. The van der Waals surface area contributed by atoms with Gasteiger partial charge in [-0.3, -0.25) is 4.79 Å². The molecule has 1 rings (SSSR count). The van der Waals surface area contributed by atoms with Crippen LogP contribution in [-0.4, -0.2) is 26.8 Å². The zero-order valence-electron chi connectivity index (χ0n) is 5.90. The number of rotatable bonds is 3. The average molecular weight is 249 g/mol. The number of thioether (sulfide) groups is 1. The van der Waals surface area contributed by atoms with E-state index in [0.29, 0.717) is 5.03 Å².